The number of carbonyl (C=O) groups excluding carboxylic acids is 1. The molecule has 0 saturated heterocycles. The molecule has 1 fully saturated rings. The first-order valence-corrected chi connectivity index (χ1v) is 5.98. The molecule has 1 saturated carbocycles. The lowest BCUT2D eigenvalue weighted by Gasteiger charge is -2.32. The molecular weight excluding hydrogens is 216 g/mol. The fraction of sp³-hybridized carbons (Fsp3) is 0.462. The molecule has 17 heavy (non-hydrogen) atoms. The molecule has 4 nitrogen and oxygen atoms in total. The number of benzene rings is 1. The molecule has 4 heteroatoms. The van der Waals surface area contributed by atoms with Crippen LogP contribution in [0.5, 0.6) is 0 Å². The fourth-order valence-corrected chi connectivity index (χ4v) is 2.70. The Bertz CT molecular complexity index is 388. The van der Waals surface area contributed by atoms with Crippen LogP contribution in [0.4, 0.5) is 0 Å². The van der Waals surface area contributed by atoms with E-state index in [4.69, 9.17) is 5.84 Å². The van der Waals surface area contributed by atoms with Crippen LogP contribution in [0.1, 0.15) is 31.2 Å². The van der Waals surface area contributed by atoms with E-state index in [0.717, 1.165) is 25.7 Å². The van der Waals surface area contributed by atoms with Crippen LogP contribution in [0.3, 0.4) is 0 Å². The van der Waals surface area contributed by atoms with Crippen LogP contribution in [-0.2, 0) is 10.4 Å². The summed E-state index contributed by atoms with van der Waals surface area (Å²) in [6.45, 7) is 0. The number of amides is 1. The highest BCUT2D eigenvalue weighted by molar-refractivity contribution is 5.86. The van der Waals surface area contributed by atoms with Crippen molar-refractivity contribution in [2.75, 3.05) is 0 Å². The van der Waals surface area contributed by atoms with E-state index >= 15 is 0 Å². The monoisotopic (exact) mass is 234 g/mol. The molecule has 0 bridgehead atoms. The third-order valence-corrected chi connectivity index (χ3v) is 3.64. The first-order chi connectivity index (χ1) is 8.19. The Balaban J connectivity index is 2.39. The molecule has 1 atom stereocenters. The van der Waals surface area contributed by atoms with Crippen LogP contribution >= 0.6 is 0 Å². The van der Waals surface area contributed by atoms with Gasteiger partial charge in [0, 0.05) is 5.92 Å². The molecule has 1 aromatic carbocycles. The van der Waals surface area contributed by atoms with Gasteiger partial charge in [0.1, 0.15) is 0 Å². The molecule has 4 N–H and O–H groups in total. The van der Waals surface area contributed by atoms with Crippen molar-refractivity contribution in [1.29, 1.82) is 0 Å². The highest BCUT2D eigenvalue weighted by Gasteiger charge is 2.45. The SMILES string of the molecule is NNC(=O)[C@](O)(c1ccccc1)C1CCCC1. The molecule has 0 aromatic heterocycles. The average molecular weight is 234 g/mol. The van der Waals surface area contributed by atoms with Gasteiger partial charge in [0.05, 0.1) is 0 Å². The summed E-state index contributed by atoms with van der Waals surface area (Å²) in [7, 11) is 0. The van der Waals surface area contributed by atoms with Gasteiger partial charge in [-0.15, -0.1) is 0 Å². The minimum Gasteiger partial charge on any atom is -0.375 e. The maximum atomic E-state index is 11.9. The van der Waals surface area contributed by atoms with Crippen molar-refractivity contribution < 1.29 is 9.90 Å². The minimum absolute atomic E-state index is 0.0477. The number of nitrogens with two attached hydrogens (primary N) is 1. The Labute approximate surface area is 101 Å². The highest BCUT2D eigenvalue weighted by atomic mass is 16.3. The number of rotatable bonds is 3. The predicted molar refractivity (Wildman–Crippen MR) is 64.6 cm³/mol. The lowest BCUT2D eigenvalue weighted by molar-refractivity contribution is -0.147. The Morgan fingerprint density at radius 2 is 1.88 bits per heavy atom. The van der Waals surface area contributed by atoms with Crippen LogP contribution in [-0.4, -0.2) is 11.0 Å². The van der Waals surface area contributed by atoms with Crippen LogP contribution in [0.15, 0.2) is 30.3 Å². The molecule has 0 spiro atoms. The molecule has 1 amide bonds. The Kier molecular flexibility index (Phi) is 3.45. The average Bonchev–Trinajstić information content (AvgIpc) is 2.92. The third kappa shape index (κ3) is 2.06. The zero-order valence-corrected chi connectivity index (χ0v) is 9.73. The lowest BCUT2D eigenvalue weighted by Crippen LogP contribution is -2.51. The van der Waals surface area contributed by atoms with Gasteiger partial charge in [-0.05, 0) is 18.4 Å². The van der Waals surface area contributed by atoms with Crippen molar-refractivity contribution in [1.82, 2.24) is 5.43 Å². The van der Waals surface area contributed by atoms with Crippen molar-refractivity contribution in [2.24, 2.45) is 11.8 Å². The zero-order valence-electron chi connectivity index (χ0n) is 9.73. The number of aliphatic hydroxyl groups is 1. The van der Waals surface area contributed by atoms with Gasteiger partial charge in [-0.2, -0.15) is 0 Å². The molecule has 1 aliphatic rings. The maximum absolute atomic E-state index is 11.9. The summed E-state index contributed by atoms with van der Waals surface area (Å²) in [5.74, 6) is 4.64. The van der Waals surface area contributed by atoms with Crippen molar-refractivity contribution in [3.63, 3.8) is 0 Å². The molecule has 2 rings (SSSR count). The largest absolute Gasteiger partial charge is 0.375 e. The number of hydrogen-bond donors (Lipinski definition) is 3. The number of carbonyl (C=O) groups is 1. The Hall–Kier alpha value is -1.39. The normalized spacial score (nSPS) is 19.9. The van der Waals surface area contributed by atoms with Gasteiger partial charge in [-0.1, -0.05) is 43.2 Å². The number of hydrogen-bond acceptors (Lipinski definition) is 3. The first kappa shape index (κ1) is 12.1. The Morgan fingerprint density at radius 3 is 2.41 bits per heavy atom. The van der Waals surface area contributed by atoms with Crippen LogP contribution in [0, 0.1) is 5.92 Å². The standard InChI is InChI=1S/C13H18N2O2/c14-15-12(16)13(17,11-8-4-5-9-11)10-6-2-1-3-7-10/h1-3,6-7,11,17H,4-5,8-9,14H2,(H,15,16)/t13-/m0/s1. The minimum atomic E-state index is -1.49. The van der Waals surface area contributed by atoms with E-state index in [1.165, 1.54) is 0 Å². The quantitative estimate of drug-likeness (QED) is 0.416. The zero-order chi connectivity index (χ0) is 12.3. The second kappa shape index (κ2) is 4.85. The summed E-state index contributed by atoms with van der Waals surface area (Å²) in [5.41, 5.74) is 1.22. The van der Waals surface area contributed by atoms with Crippen molar-refractivity contribution >= 4 is 5.91 Å². The molecule has 1 aliphatic carbocycles. The molecule has 0 heterocycles. The molecule has 0 radical (unpaired) electrons. The summed E-state index contributed by atoms with van der Waals surface area (Å²) >= 11 is 0. The van der Waals surface area contributed by atoms with E-state index in [9.17, 15) is 9.90 Å². The van der Waals surface area contributed by atoms with E-state index in [1.807, 2.05) is 18.2 Å². The van der Waals surface area contributed by atoms with E-state index in [2.05, 4.69) is 5.43 Å². The second-order valence-electron chi connectivity index (χ2n) is 4.59. The van der Waals surface area contributed by atoms with Gasteiger partial charge in [0.2, 0.25) is 0 Å². The number of hydrazine groups is 1. The summed E-state index contributed by atoms with van der Waals surface area (Å²) < 4.78 is 0. The van der Waals surface area contributed by atoms with Crippen LogP contribution in [0.2, 0.25) is 0 Å². The second-order valence-corrected chi connectivity index (χ2v) is 4.59. The molecule has 0 aliphatic heterocycles. The van der Waals surface area contributed by atoms with Crippen molar-refractivity contribution in [3.05, 3.63) is 35.9 Å². The lowest BCUT2D eigenvalue weighted by atomic mass is 9.79. The van der Waals surface area contributed by atoms with Crippen LogP contribution in [0.25, 0.3) is 0 Å². The van der Waals surface area contributed by atoms with Gasteiger partial charge in [-0.3, -0.25) is 10.2 Å². The molecule has 1 aromatic rings. The van der Waals surface area contributed by atoms with Crippen molar-refractivity contribution in [3.8, 4) is 0 Å². The molecule has 0 unspecified atom stereocenters. The van der Waals surface area contributed by atoms with Gasteiger partial charge in [0.15, 0.2) is 5.60 Å². The van der Waals surface area contributed by atoms with E-state index in [1.54, 1.807) is 12.1 Å². The summed E-state index contributed by atoms with van der Waals surface area (Å²) in [6, 6.07) is 9.04. The predicted octanol–water partition coefficient (Wildman–Crippen LogP) is 1.05. The van der Waals surface area contributed by atoms with E-state index in [0.29, 0.717) is 5.56 Å². The van der Waals surface area contributed by atoms with E-state index in [-0.39, 0.29) is 5.92 Å². The summed E-state index contributed by atoms with van der Waals surface area (Å²) in [6.07, 6.45) is 3.83. The smallest absolute Gasteiger partial charge is 0.270 e. The number of nitrogens with one attached hydrogen (secondary N) is 1. The Morgan fingerprint density at radius 1 is 1.29 bits per heavy atom. The third-order valence-electron chi connectivity index (χ3n) is 3.64. The van der Waals surface area contributed by atoms with Crippen molar-refractivity contribution in [2.45, 2.75) is 31.3 Å². The molecule has 92 valence electrons. The fourth-order valence-electron chi connectivity index (χ4n) is 2.70. The van der Waals surface area contributed by atoms with Gasteiger partial charge < -0.3 is 5.11 Å². The summed E-state index contributed by atoms with van der Waals surface area (Å²) in [5, 5.41) is 10.8. The van der Waals surface area contributed by atoms with Gasteiger partial charge in [0.25, 0.3) is 5.91 Å². The highest BCUT2D eigenvalue weighted by Crippen LogP contribution is 2.40. The first-order valence-electron chi connectivity index (χ1n) is 5.98. The van der Waals surface area contributed by atoms with Crippen LogP contribution < -0.4 is 11.3 Å². The van der Waals surface area contributed by atoms with E-state index < -0.39 is 11.5 Å². The van der Waals surface area contributed by atoms with Gasteiger partial charge >= 0.3 is 0 Å². The molecular formula is C13H18N2O2. The van der Waals surface area contributed by atoms with Gasteiger partial charge in [-0.25, -0.2) is 5.84 Å². The maximum Gasteiger partial charge on any atom is 0.270 e. The summed E-state index contributed by atoms with van der Waals surface area (Å²) in [4.78, 5) is 11.9. The topological polar surface area (TPSA) is 75.3 Å².